The van der Waals surface area contributed by atoms with Crippen molar-refractivity contribution in [3.8, 4) is 11.5 Å². The normalized spacial score (nSPS) is 17.4. The summed E-state index contributed by atoms with van der Waals surface area (Å²) in [6.45, 7) is 1.42. The number of carbonyl (C=O) groups excluding carboxylic acids is 2. The molecule has 0 unspecified atom stereocenters. The molecule has 0 atom stereocenters. The van der Waals surface area contributed by atoms with E-state index in [1.807, 2.05) is 48.5 Å². The quantitative estimate of drug-likeness (QED) is 0.141. The molecule has 54 heavy (non-hydrogen) atoms. The average molecular weight is 769 g/mol. The number of aliphatic imine (C=N–C) groups is 2. The summed E-state index contributed by atoms with van der Waals surface area (Å²) in [5.41, 5.74) is 3.89. The molecule has 0 spiro atoms. The van der Waals surface area contributed by atoms with Crippen molar-refractivity contribution in [3.05, 3.63) is 92.3 Å². The number of benzene rings is 2. The van der Waals surface area contributed by atoms with Gasteiger partial charge in [-0.25, -0.2) is 19.6 Å². The fraction of sp³-hybridized carbons (Fsp3) is 0.400. The van der Waals surface area contributed by atoms with E-state index in [2.05, 4.69) is 43.5 Å². The molecule has 8 rings (SSSR count). The number of carbonyl (C=O) groups is 2. The van der Waals surface area contributed by atoms with Gasteiger partial charge >= 0.3 is 11.9 Å². The van der Waals surface area contributed by atoms with Gasteiger partial charge in [0.15, 0.2) is 0 Å². The number of thiophene rings is 2. The van der Waals surface area contributed by atoms with Gasteiger partial charge in [-0.1, -0.05) is 24.3 Å². The molecular weight excluding hydrogens is 725 g/mol. The molecule has 2 N–H and O–H groups in total. The number of nitrogens with zero attached hydrogens (tertiary/aromatic N) is 4. The van der Waals surface area contributed by atoms with E-state index in [-0.39, 0.29) is 0 Å². The van der Waals surface area contributed by atoms with Gasteiger partial charge in [0, 0.05) is 44.7 Å². The summed E-state index contributed by atoms with van der Waals surface area (Å²) in [4.78, 5) is 47.7. The first-order chi connectivity index (χ1) is 26.5. The molecule has 4 aliphatic rings. The summed E-state index contributed by atoms with van der Waals surface area (Å²) < 4.78 is 12.3. The zero-order valence-electron chi connectivity index (χ0n) is 30.0. The molecule has 2 aliphatic heterocycles. The van der Waals surface area contributed by atoms with Crippen LogP contribution >= 0.6 is 22.7 Å². The molecule has 0 amide bonds. The zero-order valence-corrected chi connectivity index (χ0v) is 31.7. The van der Waals surface area contributed by atoms with Crippen molar-refractivity contribution in [1.82, 2.24) is 10.1 Å². The summed E-state index contributed by atoms with van der Waals surface area (Å²) in [5.74, 6) is 0.288. The summed E-state index contributed by atoms with van der Waals surface area (Å²) in [5, 5.41) is 13.1. The highest BCUT2D eigenvalue weighted by Crippen LogP contribution is 2.31. The first kappa shape index (κ1) is 35.9. The third-order valence-electron chi connectivity index (χ3n) is 9.80. The first-order valence-electron chi connectivity index (χ1n) is 18.8. The van der Waals surface area contributed by atoms with Gasteiger partial charge < -0.3 is 29.8 Å². The van der Waals surface area contributed by atoms with Crippen molar-refractivity contribution in [3.63, 3.8) is 0 Å². The lowest BCUT2D eigenvalue weighted by Crippen LogP contribution is -2.41. The van der Waals surface area contributed by atoms with Crippen molar-refractivity contribution in [2.75, 3.05) is 36.8 Å². The van der Waals surface area contributed by atoms with Crippen molar-refractivity contribution in [1.29, 1.82) is 0 Å². The maximum Gasteiger partial charge on any atom is 0.444 e. The molecule has 0 radical (unpaired) electrons. The lowest BCUT2D eigenvalue weighted by atomic mass is 10.1. The van der Waals surface area contributed by atoms with E-state index in [0.29, 0.717) is 50.3 Å². The molecule has 2 aliphatic carbocycles. The van der Waals surface area contributed by atoms with Crippen molar-refractivity contribution >= 4 is 57.9 Å². The van der Waals surface area contributed by atoms with E-state index >= 15 is 0 Å². The van der Waals surface area contributed by atoms with Gasteiger partial charge in [0.1, 0.15) is 11.5 Å². The number of nitrogens with one attached hydrogen (secondary N) is 2. The Morgan fingerprint density at radius 1 is 0.630 bits per heavy atom. The number of rotatable bonds is 12. The van der Waals surface area contributed by atoms with Crippen LogP contribution in [-0.4, -0.2) is 72.4 Å². The lowest BCUT2D eigenvalue weighted by Gasteiger charge is -2.21. The molecule has 4 aromatic rings. The van der Waals surface area contributed by atoms with Crippen LogP contribution in [0.1, 0.15) is 72.2 Å². The Labute approximate surface area is 322 Å². The zero-order chi connectivity index (χ0) is 36.7. The Morgan fingerprint density at radius 2 is 1.04 bits per heavy atom. The minimum absolute atomic E-state index is 0.305. The SMILES string of the molecule is O=C(ON1CCN=C1Nc1ccc(Cc2cc(OC3CCCC3)cs2)cc1)C(=O)ON1CCN=C1Nc1ccc(Cc2cc(OC3CCCC3)cs2)cc1. The molecule has 14 heteroatoms. The lowest BCUT2D eigenvalue weighted by molar-refractivity contribution is -0.198. The van der Waals surface area contributed by atoms with Gasteiger partial charge in [0.05, 0.1) is 38.4 Å². The Kier molecular flexibility index (Phi) is 11.3. The first-order valence-corrected chi connectivity index (χ1v) is 20.5. The highest BCUT2D eigenvalue weighted by molar-refractivity contribution is 7.10. The van der Waals surface area contributed by atoms with E-state index in [0.717, 1.165) is 61.4 Å². The maximum atomic E-state index is 12.8. The van der Waals surface area contributed by atoms with Gasteiger partial charge in [0.25, 0.3) is 0 Å². The molecule has 0 bridgehead atoms. The van der Waals surface area contributed by atoms with Crippen LogP contribution in [0.25, 0.3) is 0 Å². The summed E-state index contributed by atoms with van der Waals surface area (Å²) in [7, 11) is 0. The molecule has 4 heterocycles. The van der Waals surface area contributed by atoms with Gasteiger partial charge in [-0.2, -0.15) is 10.1 Å². The van der Waals surface area contributed by atoms with Crippen LogP contribution in [0.3, 0.4) is 0 Å². The van der Waals surface area contributed by atoms with Crippen molar-refractivity contribution in [2.24, 2.45) is 9.98 Å². The fourth-order valence-electron chi connectivity index (χ4n) is 7.02. The minimum Gasteiger partial charge on any atom is -0.490 e. The van der Waals surface area contributed by atoms with Gasteiger partial charge in [-0.3, -0.25) is 0 Å². The number of hydroxylamine groups is 4. The van der Waals surface area contributed by atoms with Crippen molar-refractivity contribution in [2.45, 2.75) is 76.4 Å². The average Bonchev–Trinajstić information content (AvgIpc) is 4.03. The summed E-state index contributed by atoms with van der Waals surface area (Å²) >= 11 is 3.42. The van der Waals surface area contributed by atoms with Crippen LogP contribution in [0.5, 0.6) is 11.5 Å². The van der Waals surface area contributed by atoms with Crippen LogP contribution in [0.4, 0.5) is 11.4 Å². The molecular formula is C40H44N6O6S2. The third kappa shape index (κ3) is 9.34. The third-order valence-corrected chi connectivity index (χ3v) is 11.6. The van der Waals surface area contributed by atoms with E-state index in [1.165, 1.54) is 56.7 Å². The van der Waals surface area contributed by atoms with E-state index < -0.39 is 11.9 Å². The Balaban J connectivity index is 0.778. The maximum absolute atomic E-state index is 12.8. The molecule has 0 saturated heterocycles. The second-order valence-electron chi connectivity index (χ2n) is 13.9. The fourth-order valence-corrected chi connectivity index (χ4v) is 8.67. The molecule has 282 valence electrons. The number of hydrogen-bond acceptors (Lipinski definition) is 14. The summed E-state index contributed by atoms with van der Waals surface area (Å²) in [6.07, 6.45) is 11.9. The van der Waals surface area contributed by atoms with E-state index in [4.69, 9.17) is 19.1 Å². The number of guanidine groups is 2. The van der Waals surface area contributed by atoms with Crippen LogP contribution in [0.2, 0.25) is 0 Å². The molecule has 2 fully saturated rings. The van der Waals surface area contributed by atoms with Crippen molar-refractivity contribution < 1.29 is 28.7 Å². The predicted octanol–water partition coefficient (Wildman–Crippen LogP) is 7.42. The second-order valence-corrected chi connectivity index (χ2v) is 15.9. The Hall–Kier alpha value is -5.08. The largest absolute Gasteiger partial charge is 0.490 e. The number of ether oxygens (including phenoxy) is 2. The second kappa shape index (κ2) is 16.9. The van der Waals surface area contributed by atoms with Crippen LogP contribution in [-0.2, 0) is 32.1 Å². The molecule has 2 aromatic carbocycles. The van der Waals surface area contributed by atoms with Gasteiger partial charge in [0.2, 0.25) is 11.9 Å². The van der Waals surface area contributed by atoms with Gasteiger partial charge in [-0.15, -0.1) is 22.7 Å². The minimum atomic E-state index is -1.16. The van der Waals surface area contributed by atoms with Crippen LogP contribution < -0.4 is 20.1 Å². The monoisotopic (exact) mass is 768 g/mol. The van der Waals surface area contributed by atoms with Crippen LogP contribution in [0.15, 0.2) is 81.4 Å². The summed E-state index contributed by atoms with van der Waals surface area (Å²) in [6, 6.07) is 20.3. The molecule has 2 saturated carbocycles. The Bertz CT molecular complexity index is 1820. The number of hydrogen-bond donors (Lipinski definition) is 2. The highest BCUT2D eigenvalue weighted by atomic mass is 32.1. The smallest absolute Gasteiger partial charge is 0.444 e. The number of anilines is 2. The van der Waals surface area contributed by atoms with E-state index in [1.54, 1.807) is 22.7 Å². The van der Waals surface area contributed by atoms with E-state index in [9.17, 15) is 9.59 Å². The van der Waals surface area contributed by atoms with Gasteiger partial charge in [-0.05, 0) is 98.9 Å². The Morgan fingerprint density at radius 3 is 1.44 bits per heavy atom. The molecule has 12 nitrogen and oxygen atoms in total. The standard InChI is InChI=1S/C40H44N6O6S2/c47-37(51-45-19-17-41-39(45)43-29-13-9-27(10-14-29)21-35-23-33(25-53-35)49-31-5-1-2-6-31)38(48)52-46-20-18-42-40(46)44-30-15-11-28(12-16-30)22-36-24-34(26-54-36)50-32-7-3-4-8-32/h9-16,23-26,31-32H,1-8,17-22H2,(H,41,43)(H,42,44). The van der Waals surface area contributed by atoms with Crippen LogP contribution in [0, 0.1) is 0 Å². The molecule has 2 aromatic heterocycles. The highest BCUT2D eigenvalue weighted by Gasteiger charge is 2.31. The predicted molar refractivity (Wildman–Crippen MR) is 210 cm³/mol. The topological polar surface area (TPSA) is 126 Å².